The molecule has 0 saturated carbocycles. The molecule has 4 rings (SSSR count). The monoisotopic (exact) mass is 354 g/mol. The molecule has 4 heterocycles. The van der Waals surface area contributed by atoms with Gasteiger partial charge in [0.15, 0.2) is 5.82 Å². The second-order valence-electron chi connectivity index (χ2n) is 7.53. The predicted molar refractivity (Wildman–Crippen MR) is 98.9 cm³/mol. The molecule has 2 saturated heterocycles. The maximum Gasteiger partial charge on any atom is 0.255 e. The lowest BCUT2D eigenvalue weighted by Crippen LogP contribution is -2.38. The molecule has 0 bridgehead atoms. The lowest BCUT2D eigenvalue weighted by atomic mass is 9.99. The first-order valence-corrected chi connectivity index (χ1v) is 9.49. The fourth-order valence-corrected chi connectivity index (χ4v) is 3.98. The summed E-state index contributed by atoms with van der Waals surface area (Å²) < 4.78 is 1.97. The van der Waals surface area contributed by atoms with Gasteiger partial charge in [0.05, 0.1) is 11.6 Å². The van der Waals surface area contributed by atoms with Crippen LogP contribution >= 0.6 is 0 Å². The number of carbonyl (C=O) groups is 1. The number of likely N-dealkylation sites (tertiary alicyclic amines) is 1. The van der Waals surface area contributed by atoms with E-state index in [0.717, 1.165) is 57.0 Å². The Morgan fingerprint density at radius 2 is 1.96 bits per heavy atom. The fourth-order valence-electron chi connectivity index (χ4n) is 3.98. The molecule has 1 amide bonds. The number of anilines is 1. The van der Waals surface area contributed by atoms with Crippen molar-refractivity contribution in [3.05, 3.63) is 36.0 Å². The van der Waals surface area contributed by atoms with Crippen LogP contribution in [0.2, 0.25) is 0 Å². The van der Waals surface area contributed by atoms with Gasteiger partial charge in [0.1, 0.15) is 12.1 Å². The fraction of sp³-hybridized carbons (Fsp3) is 0.579. The standard InChI is InChI=1S/C19H26N6O/c1-14-7-10-24(11-8-14)19(26)15-5-6-17(20-12-15)25-9-3-4-16(25)18-22-21-13-23(18)2/h5-6,12-14,16H,3-4,7-11H2,1-2H3/t16-/m0/s1. The van der Waals surface area contributed by atoms with Crippen LogP contribution in [0.3, 0.4) is 0 Å². The summed E-state index contributed by atoms with van der Waals surface area (Å²) in [5.41, 5.74) is 0.678. The minimum atomic E-state index is 0.0993. The molecule has 7 nitrogen and oxygen atoms in total. The first kappa shape index (κ1) is 17.0. The molecule has 2 aliphatic heterocycles. The van der Waals surface area contributed by atoms with Gasteiger partial charge >= 0.3 is 0 Å². The number of aromatic nitrogens is 4. The Labute approximate surface area is 154 Å². The van der Waals surface area contributed by atoms with Gasteiger partial charge in [-0.05, 0) is 43.7 Å². The zero-order valence-corrected chi connectivity index (χ0v) is 15.5. The van der Waals surface area contributed by atoms with Crippen molar-refractivity contribution < 1.29 is 4.79 Å². The SMILES string of the molecule is CC1CCN(C(=O)c2ccc(N3CCC[C@H]3c3nncn3C)nc2)CC1. The Hall–Kier alpha value is -2.44. The van der Waals surface area contributed by atoms with Crippen molar-refractivity contribution in [1.82, 2.24) is 24.6 Å². The maximum absolute atomic E-state index is 12.7. The number of pyridine rings is 1. The highest BCUT2D eigenvalue weighted by atomic mass is 16.2. The van der Waals surface area contributed by atoms with E-state index in [1.54, 1.807) is 12.5 Å². The van der Waals surface area contributed by atoms with Gasteiger partial charge in [-0.25, -0.2) is 4.98 Å². The maximum atomic E-state index is 12.7. The van der Waals surface area contributed by atoms with Gasteiger partial charge in [0.2, 0.25) is 0 Å². The number of hydrogen-bond acceptors (Lipinski definition) is 5. The van der Waals surface area contributed by atoms with Gasteiger partial charge in [-0.15, -0.1) is 10.2 Å². The molecule has 0 unspecified atom stereocenters. The number of amides is 1. The van der Waals surface area contributed by atoms with E-state index in [9.17, 15) is 4.79 Å². The van der Waals surface area contributed by atoms with Gasteiger partial charge in [-0.3, -0.25) is 4.79 Å². The summed E-state index contributed by atoms with van der Waals surface area (Å²) in [4.78, 5) is 21.5. The first-order valence-electron chi connectivity index (χ1n) is 9.49. The summed E-state index contributed by atoms with van der Waals surface area (Å²) in [5, 5.41) is 8.27. The summed E-state index contributed by atoms with van der Waals surface area (Å²) in [6, 6.07) is 4.07. The van der Waals surface area contributed by atoms with Crippen molar-refractivity contribution in [3.63, 3.8) is 0 Å². The molecular formula is C19H26N6O. The smallest absolute Gasteiger partial charge is 0.255 e. The van der Waals surface area contributed by atoms with Gasteiger partial charge in [0.25, 0.3) is 5.91 Å². The number of hydrogen-bond donors (Lipinski definition) is 0. The molecule has 7 heteroatoms. The highest BCUT2D eigenvalue weighted by Gasteiger charge is 2.30. The van der Waals surface area contributed by atoms with Crippen molar-refractivity contribution in [2.45, 2.75) is 38.6 Å². The van der Waals surface area contributed by atoms with Crippen LogP contribution in [-0.4, -0.2) is 50.2 Å². The number of aryl methyl sites for hydroxylation is 1. The second kappa shape index (κ2) is 7.05. The van der Waals surface area contributed by atoms with Gasteiger partial charge in [0, 0.05) is 32.9 Å². The zero-order valence-electron chi connectivity index (χ0n) is 15.5. The van der Waals surface area contributed by atoms with E-state index < -0.39 is 0 Å². The summed E-state index contributed by atoms with van der Waals surface area (Å²) in [7, 11) is 1.97. The van der Waals surface area contributed by atoms with E-state index in [4.69, 9.17) is 0 Å². The topological polar surface area (TPSA) is 67.2 Å². The normalized spacial score (nSPS) is 21.4. The Bertz CT molecular complexity index is 763. The van der Waals surface area contributed by atoms with Crippen LogP contribution in [0.25, 0.3) is 0 Å². The number of carbonyl (C=O) groups excluding carboxylic acids is 1. The highest BCUT2D eigenvalue weighted by Crippen LogP contribution is 2.34. The van der Waals surface area contributed by atoms with E-state index in [1.165, 1.54) is 0 Å². The molecule has 0 spiro atoms. The molecule has 0 N–H and O–H groups in total. The molecule has 0 aliphatic carbocycles. The number of rotatable bonds is 3. The van der Waals surface area contributed by atoms with Gasteiger partial charge < -0.3 is 14.4 Å². The average molecular weight is 354 g/mol. The van der Waals surface area contributed by atoms with Crippen LogP contribution in [0.15, 0.2) is 24.7 Å². The van der Waals surface area contributed by atoms with Crippen molar-refractivity contribution in [3.8, 4) is 0 Å². The van der Waals surface area contributed by atoms with Crippen LogP contribution in [0.4, 0.5) is 5.82 Å². The molecular weight excluding hydrogens is 328 g/mol. The van der Waals surface area contributed by atoms with E-state index in [0.29, 0.717) is 11.5 Å². The van der Waals surface area contributed by atoms with E-state index >= 15 is 0 Å². The quantitative estimate of drug-likeness (QED) is 0.847. The average Bonchev–Trinajstić information content (AvgIpc) is 3.30. The van der Waals surface area contributed by atoms with Crippen molar-refractivity contribution >= 4 is 11.7 Å². The second-order valence-corrected chi connectivity index (χ2v) is 7.53. The Kier molecular flexibility index (Phi) is 4.61. The number of piperidine rings is 1. The van der Waals surface area contributed by atoms with Crippen LogP contribution in [-0.2, 0) is 7.05 Å². The van der Waals surface area contributed by atoms with Gasteiger partial charge in [-0.1, -0.05) is 6.92 Å². The minimum Gasteiger partial charge on any atom is -0.346 e. The van der Waals surface area contributed by atoms with Gasteiger partial charge in [-0.2, -0.15) is 0 Å². The van der Waals surface area contributed by atoms with Crippen LogP contribution in [0, 0.1) is 5.92 Å². The third-order valence-corrected chi connectivity index (χ3v) is 5.66. The molecule has 2 aromatic heterocycles. The van der Waals surface area contributed by atoms with E-state index in [1.807, 2.05) is 28.6 Å². The van der Waals surface area contributed by atoms with Crippen LogP contribution in [0.5, 0.6) is 0 Å². The van der Waals surface area contributed by atoms with Crippen molar-refractivity contribution in [1.29, 1.82) is 0 Å². The molecule has 0 aromatic carbocycles. The molecule has 138 valence electrons. The number of nitrogens with zero attached hydrogens (tertiary/aromatic N) is 6. The van der Waals surface area contributed by atoms with E-state index in [2.05, 4.69) is 27.0 Å². The van der Waals surface area contributed by atoms with Crippen molar-refractivity contribution in [2.75, 3.05) is 24.5 Å². The Morgan fingerprint density at radius 1 is 1.15 bits per heavy atom. The third-order valence-electron chi connectivity index (χ3n) is 5.66. The molecule has 0 radical (unpaired) electrons. The third kappa shape index (κ3) is 3.18. The van der Waals surface area contributed by atoms with Crippen LogP contribution < -0.4 is 4.90 Å². The molecule has 26 heavy (non-hydrogen) atoms. The largest absolute Gasteiger partial charge is 0.346 e. The lowest BCUT2D eigenvalue weighted by Gasteiger charge is -2.30. The summed E-state index contributed by atoms with van der Waals surface area (Å²) >= 11 is 0. The molecule has 2 aromatic rings. The minimum absolute atomic E-state index is 0.0993. The Balaban J connectivity index is 1.49. The van der Waals surface area contributed by atoms with Crippen LogP contribution in [0.1, 0.15) is 54.8 Å². The van der Waals surface area contributed by atoms with E-state index in [-0.39, 0.29) is 11.9 Å². The molecule has 2 aliphatic rings. The molecule has 1 atom stereocenters. The molecule has 2 fully saturated rings. The lowest BCUT2D eigenvalue weighted by molar-refractivity contribution is 0.0697. The first-order chi connectivity index (χ1) is 12.6. The highest BCUT2D eigenvalue weighted by molar-refractivity contribution is 5.94. The summed E-state index contributed by atoms with van der Waals surface area (Å²) in [6.07, 6.45) is 7.78. The zero-order chi connectivity index (χ0) is 18.1. The Morgan fingerprint density at radius 3 is 2.62 bits per heavy atom. The van der Waals surface area contributed by atoms with Crippen molar-refractivity contribution in [2.24, 2.45) is 13.0 Å². The predicted octanol–water partition coefficient (Wildman–Crippen LogP) is 2.42. The summed E-state index contributed by atoms with van der Waals surface area (Å²) in [6.45, 7) is 4.90. The summed E-state index contributed by atoms with van der Waals surface area (Å²) in [5.74, 6) is 2.68.